The van der Waals surface area contributed by atoms with E-state index in [1.165, 1.54) is 70.6 Å². The van der Waals surface area contributed by atoms with E-state index < -0.39 is 0 Å². The molecule has 0 aliphatic carbocycles. The molecule has 0 bridgehead atoms. The molecule has 1 aliphatic rings. The van der Waals surface area contributed by atoms with Gasteiger partial charge in [0.1, 0.15) is 0 Å². The van der Waals surface area contributed by atoms with Crippen molar-refractivity contribution in [1.29, 1.82) is 0 Å². The first-order chi connectivity index (χ1) is 17.1. The summed E-state index contributed by atoms with van der Waals surface area (Å²) in [6, 6.07) is -0.209. The van der Waals surface area contributed by atoms with Gasteiger partial charge in [0.25, 0.3) is 0 Å². The molecule has 2 amide bonds. The Morgan fingerprint density at radius 2 is 1.46 bits per heavy atom. The minimum atomic E-state index is -0.209. The summed E-state index contributed by atoms with van der Waals surface area (Å²) < 4.78 is 0. The zero-order valence-electron chi connectivity index (χ0n) is 22.8. The number of unbranched alkanes of at least 4 members (excludes halogenated alkanes) is 13. The van der Waals surface area contributed by atoms with Crippen LogP contribution in [0.2, 0.25) is 0 Å². The molecule has 206 valence electrons. The summed E-state index contributed by atoms with van der Waals surface area (Å²) in [6.07, 6.45) is 21.1. The van der Waals surface area contributed by atoms with Crippen LogP contribution >= 0.6 is 0 Å². The number of nitrogens with one attached hydrogen (secondary N) is 2. The highest BCUT2D eigenvalue weighted by atomic mass is 16.7. The lowest BCUT2D eigenvalue weighted by atomic mass is 10.0. The molecule has 1 unspecified atom stereocenters. The van der Waals surface area contributed by atoms with Gasteiger partial charge in [-0.3, -0.25) is 14.4 Å². The average Bonchev–Trinajstić information content (AvgIpc) is 3.32. The van der Waals surface area contributed by atoms with Gasteiger partial charge in [-0.2, -0.15) is 0 Å². The molecule has 1 fully saturated rings. The molecule has 7 heteroatoms. The van der Waals surface area contributed by atoms with Crippen LogP contribution in [0.5, 0.6) is 0 Å². The van der Waals surface area contributed by atoms with Gasteiger partial charge in [-0.25, -0.2) is 5.48 Å². The Balaban J connectivity index is 1.95. The first-order valence-corrected chi connectivity index (χ1v) is 14.6. The smallest absolute Gasteiger partial charge is 0.222 e. The van der Waals surface area contributed by atoms with Crippen molar-refractivity contribution in [1.82, 2.24) is 15.7 Å². The van der Waals surface area contributed by atoms with Crippen molar-refractivity contribution < 1.29 is 19.5 Å². The number of hydroxylamine groups is 1. The Morgan fingerprint density at radius 3 is 2.03 bits per heavy atom. The number of amides is 2. The highest BCUT2D eigenvalue weighted by Crippen LogP contribution is 2.15. The van der Waals surface area contributed by atoms with Gasteiger partial charge in [0.15, 0.2) is 0 Å². The van der Waals surface area contributed by atoms with E-state index in [1.807, 2.05) is 4.90 Å². The molecule has 7 nitrogen and oxygen atoms in total. The topological polar surface area (TPSA) is 90.9 Å². The van der Waals surface area contributed by atoms with Crippen LogP contribution < -0.4 is 10.8 Å². The SMILES string of the molecule is CCCCCCCCCCCCCCCC(=O)NC(CO)CCCCC(=O)N1CC[C@H](ONC)C1. The predicted octanol–water partition coefficient (Wildman–Crippen LogP) is 5.26. The molecule has 2 atom stereocenters. The molecule has 0 radical (unpaired) electrons. The molecule has 0 saturated carbocycles. The number of carbonyl (C=O) groups excluding carboxylic acids is 2. The highest BCUT2D eigenvalue weighted by Gasteiger charge is 2.26. The van der Waals surface area contributed by atoms with Crippen molar-refractivity contribution in [3.63, 3.8) is 0 Å². The van der Waals surface area contributed by atoms with Crippen molar-refractivity contribution in [2.45, 2.75) is 141 Å². The van der Waals surface area contributed by atoms with E-state index in [-0.39, 0.29) is 30.6 Å². The second kappa shape index (κ2) is 22.1. The Labute approximate surface area is 215 Å². The molecule has 0 aromatic heterocycles. The van der Waals surface area contributed by atoms with Gasteiger partial charge in [0.05, 0.1) is 18.8 Å². The standard InChI is InChI=1S/C28H55N3O4/c1-3-4-5-6-7-8-9-10-11-12-13-14-15-19-27(33)30-25(24-32)18-16-17-20-28(34)31-22-21-26(23-31)35-29-2/h25-26,29,32H,3-24H2,1-2H3,(H,30,33)/t25?,26-/m0/s1. The van der Waals surface area contributed by atoms with E-state index in [9.17, 15) is 14.7 Å². The fourth-order valence-corrected chi connectivity index (χ4v) is 4.85. The quantitative estimate of drug-likeness (QED) is 0.132. The first kappa shape index (κ1) is 31.8. The first-order valence-electron chi connectivity index (χ1n) is 14.6. The summed E-state index contributed by atoms with van der Waals surface area (Å²) in [4.78, 5) is 31.8. The van der Waals surface area contributed by atoms with Crippen LogP contribution in [0.1, 0.15) is 129 Å². The Hall–Kier alpha value is -1.18. The third kappa shape index (κ3) is 17.0. The molecule has 0 aromatic rings. The fourth-order valence-electron chi connectivity index (χ4n) is 4.85. The number of likely N-dealkylation sites (tertiary alicyclic amines) is 1. The summed E-state index contributed by atoms with van der Waals surface area (Å²) in [5, 5.41) is 12.6. The number of carbonyl (C=O) groups is 2. The summed E-state index contributed by atoms with van der Waals surface area (Å²) in [5.41, 5.74) is 2.70. The van der Waals surface area contributed by atoms with Crippen molar-refractivity contribution in [3.05, 3.63) is 0 Å². The molecule has 35 heavy (non-hydrogen) atoms. The third-order valence-corrected chi connectivity index (χ3v) is 7.07. The van der Waals surface area contributed by atoms with Crippen LogP contribution in [0, 0.1) is 0 Å². The Kier molecular flexibility index (Phi) is 20.1. The van der Waals surface area contributed by atoms with E-state index in [1.54, 1.807) is 7.05 Å². The van der Waals surface area contributed by atoms with E-state index in [0.717, 1.165) is 38.6 Å². The molecular weight excluding hydrogens is 442 g/mol. The van der Waals surface area contributed by atoms with E-state index in [0.29, 0.717) is 25.8 Å². The summed E-state index contributed by atoms with van der Waals surface area (Å²) in [6.45, 7) is 3.61. The van der Waals surface area contributed by atoms with Crippen LogP contribution in [0.25, 0.3) is 0 Å². The minimum Gasteiger partial charge on any atom is -0.394 e. The van der Waals surface area contributed by atoms with Crippen LogP contribution in [0.3, 0.4) is 0 Å². The predicted molar refractivity (Wildman–Crippen MR) is 143 cm³/mol. The molecule has 1 heterocycles. The van der Waals surface area contributed by atoms with Crippen LogP contribution in [0.4, 0.5) is 0 Å². The zero-order chi connectivity index (χ0) is 25.6. The maximum Gasteiger partial charge on any atom is 0.222 e. The third-order valence-electron chi connectivity index (χ3n) is 7.07. The number of hydrogen-bond donors (Lipinski definition) is 3. The fraction of sp³-hybridized carbons (Fsp3) is 0.929. The largest absolute Gasteiger partial charge is 0.394 e. The van der Waals surface area contributed by atoms with E-state index >= 15 is 0 Å². The van der Waals surface area contributed by atoms with Crippen molar-refractivity contribution in [3.8, 4) is 0 Å². The number of aliphatic hydroxyl groups excluding tert-OH is 1. The average molecular weight is 498 g/mol. The van der Waals surface area contributed by atoms with Crippen molar-refractivity contribution in [2.75, 3.05) is 26.7 Å². The summed E-state index contributed by atoms with van der Waals surface area (Å²) in [7, 11) is 1.74. The lowest BCUT2D eigenvalue weighted by Crippen LogP contribution is -2.37. The van der Waals surface area contributed by atoms with Gasteiger partial charge in [-0.1, -0.05) is 90.4 Å². The van der Waals surface area contributed by atoms with Crippen molar-refractivity contribution in [2.24, 2.45) is 0 Å². The zero-order valence-corrected chi connectivity index (χ0v) is 22.8. The van der Waals surface area contributed by atoms with Gasteiger partial charge in [0.2, 0.25) is 11.8 Å². The molecular formula is C28H55N3O4. The number of aliphatic hydroxyl groups is 1. The minimum absolute atomic E-state index is 0.0378. The highest BCUT2D eigenvalue weighted by molar-refractivity contribution is 5.76. The van der Waals surface area contributed by atoms with E-state index in [4.69, 9.17) is 4.84 Å². The molecule has 1 rings (SSSR count). The van der Waals surface area contributed by atoms with Crippen LogP contribution in [-0.2, 0) is 14.4 Å². The van der Waals surface area contributed by atoms with Crippen LogP contribution in [0.15, 0.2) is 0 Å². The number of rotatable bonds is 23. The Bertz CT molecular complexity index is 532. The second-order valence-corrected chi connectivity index (χ2v) is 10.3. The number of hydrogen-bond acceptors (Lipinski definition) is 5. The van der Waals surface area contributed by atoms with Crippen molar-refractivity contribution >= 4 is 11.8 Å². The van der Waals surface area contributed by atoms with Gasteiger partial charge in [-0.05, 0) is 25.7 Å². The molecule has 0 spiro atoms. The van der Waals surface area contributed by atoms with E-state index in [2.05, 4.69) is 17.7 Å². The maximum atomic E-state index is 12.3. The van der Waals surface area contributed by atoms with Gasteiger partial charge in [-0.15, -0.1) is 0 Å². The monoisotopic (exact) mass is 497 g/mol. The molecule has 3 N–H and O–H groups in total. The maximum absolute atomic E-state index is 12.3. The van der Waals surface area contributed by atoms with Gasteiger partial charge >= 0.3 is 0 Å². The summed E-state index contributed by atoms with van der Waals surface area (Å²) in [5.74, 6) is 0.204. The summed E-state index contributed by atoms with van der Waals surface area (Å²) >= 11 is 0. The molecule has 0 aromatic carbocycles. The Morgan fingerprint density at radius 1 is 0.886 bits per heavy atom. The molecule has 1 saturated heterocycles. The lowest BCUT2D eigenvalue weighted by molar-refractivity contribution is -0.131. The lowest BCUT2D eigenvalue weighted by Gasteiger charge is -2.18. The van der Waals surface area contributed by atoms with Gasteiger partial charge < -0.3 is 15.3 Å². The van der Waals surface area contributed by atoms with Gasteiger partial charge in [0, 0.05) is 33.0 Å². The second-order valence-electron chi connectivity index (χ2n) is 10.3. The van der Waals surface area contributed by atoms with Crippen LogP contribution in [-0.4, -0.2) is 60.7 Å². The molecule has 1 aliphatic heterocycles. The number of nitrogens with zero attached hydrogens (tertiary/aromatic N) is 1. The normalized spacial score (nSPS) is 16.5.